The van der Waals surface area contributed by atoms with E-state index < -0.39 is 35.5 Å². The Hall–Kier alpha value is -4.65. The molecule has 13 heteroatoms. The summed E-state index contributed by atoms with van der Waals surface area (Å²) in [7, 11) is 3.07. The zero-order valence-corrected chi connectivity index (χ0v) is 25.5. The molecule has 3 amide bonds. The summed E-state index contributed by atoms with van der Waals surface area (Å²) in [5.41, 5.74) is 0.303. The summed E-state index contributed by atoms with van der Waals surface area (Å²) in [6, 6.07) is 14.2. The Balaban J connectivity index is 1.36. The first-order valence-electron chi connectivity index (χ1n) is 14.2. The van der Waals surface area contributed by atoms with Gasteiger partial charge in [0, 0.05) is 44.5 Å². The van der Waals surface area contributed by atoms with E-state index in [0.717, 1.165) is 23.3 Å². The lowest BCUT2D eigenvalue weighted by Crippen LogP contribution is -2.34. The molecule has 1 aromatic heterocycles. The van der Waals surface area contributed by atoms with Crippen molar-refractivity contribution in [3.05, 3.63) is 70.4 Å². The first-order valence-corrected chi connectivity index (χ1v) is 15.0. The predicted molar refractivity (Wildman–Crippen MR) is 160 cm³/mol. The van der Waals surface area contributed by atoms with Crippen molar-refractivity contribution in [1.82, 2.24) is 15.2 Å². The van der Waals surface area contributed by atoms with E-state index in [0.29, 0.717) is 47.9 Å². The van der Waals surface area contributed by atoms with Crippen LogP contribution in [0.3, 0.4) is 0 Å². The lowest BCUT2D eigenvalue weighted by Gasteiger charge is -2.22. The number of esters is 1. The monoisotopic (exact) mass is 622 g/mol. The van der Waals surface area contributed by atoms with Gasteiger partial charge in [0.2, 0.25) is 0 Å². The van der Waals surface area contributed by atoms with Crippen molar-refractivity contribution in [1.29, 1.82) is 0 Å². The average Bonchev–Trinajstić information content (AvgIpc) is 3.43. The van der Waals surface area contributed by atoms with E-state index in [9.17, 15) is 19.2 Å². The Morgan fingerprint density at radius 3 is 2.52 bits per heavy atom. The number of benzene rings is 2. The molecule has 2 aromatic carbocycles. The molecule has 0 unspecified atom stereocenters. The molecule has 2 aliphatic rings. The average molecular weight is 623 g/mol. The van der Waals surface area contributed by atoms with Crippen LogP contribution >= 0.6 is 11.3 Å². The first-order chi connectivity index (χ1) is 21.2. The van der Waals surface area contributed by atoms with Crippen molar-refractivity contribution in [2.45, 2.75) is 57.4 Å². The van der Waals surface area contributed by atoms with Gasteiger partial charge in [0.05, 0.1) is 20.3 Å². The van der Waals surface area contributed by atoms with E-state index in [2.05, 4.69) is 15.6 Å². The molecule has 0 bridgehead atoms. The molecular formula is C31H34N4O8S. The molecule has 1 aliphatic carbocycles. The quantitative estimate of drug-likeness (QED) is 0.293. The minimum atomic E-state index is -1.26. The van der Waals surface area contributed by atoms with Crippen LogP contribution in [0.2, 0.25) is 0 Å². The van der Waals surface area contributed by atoms with Gasteiger partial charge in [-0.3, -0.25) is 19.3 Å². The topological polar surface area (TPSA) is 145 Å². The number of methoxy groups -OCH3 is 2. The molecule has 232 valence electrons. The summed E-state index contributed by atoms with van der Waals surface area (Å²) in [6.45, 7) is 1.96. The summed E-state index contributed by atoms with van der Waals surface area (Å²) in [5, 5.41) is 6.31. The summed E-state index contributed by atoms with van der Waals surface area (Å²) in [5.74, 6) is -0.487. The molecule has 0 spiro atoms. The minimum absolute atomic E-state index is 0.00560. The Morgan fingerprint density at radius 2 is 1.84 bits per heavy atom. The maximum Gasteiger partial charge on any atom is 0.410 e. The van der Waals surface area contributed by atoms with Crippen molar-refractivity contribution in [3.63, 3.8) is 0 Å². The van der Waals surface area contributed by atoms with E-state index in [1.54, 1.807) is 30.2 Å². The number of carbonyl (C=O) groups is 4. The van der Waals surface area contributed by atoms with E-state index >= 15 is 0 Å². The highest BCUT2D eigenvalue weighted by molar-refractivity contribution is 7.16. The Kier molecular flexibility index (Phi) is 9.33. The van der Waals surface area contributed by atoms with E-state index in [1.165, 1.54) is 14.0 Å². The van der Waals surface area contributed by atoms with E-state index in [-0.39, 0.29) is 23.8 Å². The van der Waals surface area contributed by atoms with Gasteiger partial charge in [0.25, 0.3) is 11.8 Å². The van der Waals surface area contributed by atoms with Gasteiger partial charge in [-0.2, -0.15) is 0 Å². The molecule has 1 atom stereocenters. The molecule has 3 aromatic rings. The third-order valence-corrected chi connectivity index (χ3v) is 8.53. The number of hydrogen-bond donors (Lipinski definition) is 2. The first kappa shape index (κ1) is 30.8. The molecular weight excluding hydrogens is 588 g/mol. The predicted octanol–water partition coefficient (Wildman–Crippen LogP) is 4.60. The van der Waals surface area contributed by atoms with Crippen LogP contribution in [0.1, 0.15) is 65.3 Å². The van der Waals surface area contributed by atoms with Crippen LogP contribution < -0.4 is 20.1 Å². The number of anilines is 1. The lowest BCUT2D eigenvalue weighted by molar-refractivity contribution is -0.154. The fourth-order valence-electron chi connectivity index (χ4n) is 5.00. The molecule has 2 N–H and O–H groups in total. The fourth-order valence-corrected chi connectivity index (χ4v) is 6.11. The summed E-state index contributed by atoms with van der Waals surface area (Å²) >= 11 is 1.11. The maximum absolute atomic E-state index is 13.5. The molecule has 5 rings (SSSR count). The van der Waals surface area contributed by atoms with Gasteiger partial charge in [-0.05, 0) is 30.5 Å². The lowest BCUT2D eigenvalue weighted by atomic mass is 10.2. The Morgan fingerprint density at radius 1 is 1.07 bits per heavy atom. The highest BCUT2D eigenvalue weighted by Crippen LogP contribution is 2.43. The van der Waals surface area contributed by atoms with Gasteiger partial charge in [-0.1, -0.05) is 41.7 Å². The summed E-state index contributed by atoms with van der Waals surface area (Å²) < 4.78 is 21.6. The number of rotatable bonds is 11. The van der Waals surface area contributed by atoms with Crippen LogP contribution in [-0.4, -0.2) is 60.1 Å². The minimum Gasteiger partial charge on any atom is -0.497 e. The number of nitrogens with one attached hydrogen (secondary N) is 2. The second kappa shape index (κ2) is 13.3. The van der Waals surface area contributed by atoms with Gasteiger partial charge in [-0.25, -0.2) is 9.78 Å². The number of likely N-dealkylation sites (tertiary alicyclic amines) is 1. The largest absolute Gasteiger partial charge is 0.497 e. The van der Waals surface area contributed by atoms with Gasteiger partial charge >= 0.3 is 12.1 Å². The van der Waals surface area contributed by atoms with E-state index in [1.807, 2.05) is 30.3 Å². The second-order valence-corrected chi connectivity index (χ2v) is 11.6. The standard InChI is InChI=1S/C31H34N4O8S/c1-19(36)43-31(13-14-31)29(38)34-28-25(26(37)32-17-21-11-12-22(40-2)16-24(21)41-3)33-27(44-28)23-10-7-15-35(23)30(39)42-18-20-8-5-4-6-9-20/h4-6,8-9,11-12,16,23H,7,10,13-15,17-18H2,1-3H3,(H,32,37)(H,34,38)/t23-/m1/s1. The molecule has 0 radical (unpaired) electrons. The molecule has 12 nitrogen and oxygen atoms in total. The number of hydrogen-bond acceptors (Lipinski definition) is 10. The van der Waals surface area contributed by atoms with Crippen molar-refractivity contribution in [3.8, 4) is 11.5 Å². The van der Waals surface area contributed by atoms with Crippen molar-refractivity contribution >= 4 is 40.2 Å². The summed E-state index contributed by atoms with van der Waals surface area (Å²) in [6.07, 6.45) is 1.62. The Labute approximate surface area is 258 Å². The van der Waals surface area contributed by atoms with Gasteiger partial charge < -0.3 is 29.6 Å². The normalized spacial score (nSPS) is 16.5. The number of aromatic nitrogens is 1. The van der Waals surface area contributed by atoms with Crippen LogP contribution in [0.25, 0.3) is 0 Å². The number of nitrogens with zero attached hydrogens (tertiary/aromatic N) is 2. The van der Waals surface area contributed by atoms with Gasteiger partial charge in [0.1, 0.15) is 28.1 Å². The zero-order chi connectivity index (χ0) is 31.3. The molecule has 2 heterocycles. The molecule has 44 heavy (non-hydrogen) atoms. The molecule has 1 saturated carbocycles. The van der Waals surface area contributed by atoms with E-state index in [4.69, 9.17) is 18.9 Å². The van der Waals surface area contributed by atoms with Gasteiger partial charge in [-0.15, -0.1) is 0 Å². The number of carbonyl (C=O) groups excluding carboxylic acids is 4. The van der Waals surface area contributed by atoms with Gasteiger partial charge in [0.15, 0.2) is 11.3 Å². The third-order valence-electron chi connectivity index (χ3n) is 7.45. The number of thiazole rings is 1. The van der Waals surface area contributed by atoms with Crippen LogP contribution in [0.5, 0.6) is 11.5 Å². The molecule has 2 fully saturated rings. The second-order valence-electron chi connectivity index (χ2n) is 10.5. The maximum atomic E-state index is 13.5. The SMILES string of the molecule is COc1ccc(CNC(=O)c2nc([C@H]3CCCN3C(=O)OCc3ccccc3)sc2NC(=O)C2(OC(C)=O)CC2)c(OC)c1. The smallest absolute Gasteiger partial charge is 0.410 e. The van der Waals surface area contributed by atoms with Crippen LogP contribution in [0, 0.1) is 0 Å². The highest BCUT2D eigenvalue weighted by Gasteiger charge is 2.54. The van der Waals surface area contributed by atoms with Crippen molar-refractivity contribution in [2.24, 2.45) is 0 Å². The fraction of sp³-hybridized carbons (Fsp3) is 0.387. The summed E-state index contributed by atoms with van der Waals surface area (Å²) in [4.78, 5) is 57.6. The highest BCUT2D eigenvalue weighted by atomic mass is 32.1. The van der Waals surface area contributed by atoms with Crippen LogP contribution in [0.4, 0.5) is 9.80 Å². The molecule has 1 saturated heterocycles. The third kappa shape index (κ3) is 6.94. The zero-order valence-electron chi connectivity index (χ0n) is 24.7. The Bertz CT molecular complexity index is 1540. The van der Waals surface area contributed by atoms with Crippen molar-refractivity contribution < 1.29 is 38.1 Å². The van der Waals surface area contributed by atoms with Crippen LogP contribution in [0.15, 0.2) is 48.5 Å². The van der Waals surface area contributed by atoms with Crippen LogP contribution in [-0.2, 0) is 32.2 Å². The number of amides is 3. The number of ether oxygens (including phenoxy) is 4. The molecule has 1 aliphatic heterocycles. The van der Waals surface area contributed by atoms with Crippen molar-refractivity contribution in [2.75, 3.05) is 26.1 Å².